The highest BCUT2D eigenvalue weighted by atomic mass is 32.2. The maximum Gasteiger partial charge on any atom is 0.303 e. The van der Waals surface area contributed by atoms with Crippen molar-refractivity contribution in [2.24, 2.45) is 0 Å². The van der Waals surface area contributed by atoms with Crippen molar-refractivity contribution < 1.29 is 14.7 Å². The molecule has 1 fully saturated rings. The summed E-state index contributed by atoms with van der Waals surface area (Å²) in [6.07, 6.45) is 2.32. The summed E-state index contributed by atoms with van der Waals surface area (Å²) >= 11 is 6.53. The number of carboxylic acid groups (broad SMARTS) is 1. The predicted molar refractivity (Wildman–Crippen MR) is 97.4 cm³/mol. The summed E-state index contributed by atoms with van der Waals surface area (Å²) in [5.74, 6) is -0.998. The van der Waals surface area contributed by atoms with Crippen molar-refractivity contribution in [2.75, 3.05) is 6.54 Å². The zero-order valence-corrected chi connectivity index (χ0v) is 15.0. The van der Waals surface area contributed by atoms with Gasteiger partial charge < -0.3 is 5.11 Å². The Morgan fingerprint density at radius 2 is 1.91 bits per heavy atom. The molecule has 1 heterocycles. The fourth-order valence-corrected chi connectivity index (χ4v) is 3.92. The lowest BCUT2D eigenvalue weighted by molar-refractivity contribution is -0.137. The van der Waals surface area contributed by atoms with Gasteiger partial charge in [-0.2, -0.15) is 0 Å². The first kappa shape index (κ1) is 17.7. The third-order valence-corrected chi connectivity index (χ3v) is 5.04. The van der Waals surface area contributed by atoms with Gasteiger partial charge in [0, 0.05) is 13.0 Å². The lowest BCUT2D eigenvalue weighted by Crippen LogP contribution is -2.29. The summed E-state index contributed by atoms with van der Waals surface area (Å²) < 4.78 is 0.494. The molecular weight excluding hydrogens is 330 g/mol. The second-order valence-corrected chi connectivity index (χ2v) is 7.32. The van der Waals surface area contributed by atoms with E-state index < -0.39 is 5.97 Å². The van der Waals surface area contributed by atoms with Crippen LogP contribution in [0, 0.1) is 20.8 Å². The monoisotopic (exact) mass is 349 g/mol. The summed E-state index contributed by atoms with van der Waals surface area (Å²) in [7, 11) is 0. The fourth-order valence-electron chi connectivity index (χ4n) is 2.63. The lowest BCUT2D eigenvalue weighted by Gasteiger charge is -2.13. The Bertz CT molecular complexity index is 687. The number of benzene rings is 1. The normalized spacial score (nSPS) is 16.5. The number of aliphatic carboxylic acids is 1. The van der Waals surface area contributed by atoms with Gasteiger partial charge in [0.05, 0.1) is 4.91 Å². The first-order valence-electron chi connectivity index (χ1n) is 7.34. The smallest absolute Gasteiger partial charge is 0.303 e. The van der Waals surface area contributed by atoms with E-state index in [2.05, 4.69) is 12.1 Å². The molecule has 2 rings (SSSR count). The van der Waals surface area contributed by atoms with Crippen molar-refractivity contribution in [3.63, 3.8) is 0 Å². The molecule has 1 N–H and O–H groups in total. The third kappa shape index (κ3) is 4.20. The number of nitrogens with zero attached hydrogens (tertiary/aromatic N) is 1. The molecule has 1 amide bonds. The number of thiocarbonyl (C=S) groups is 1. The Balaban J connectivity index is 2.20. The molecule has 23 heavy (non-hydrogen) atoms. The van der Waals surface area contributed by atoms with E-state index in [1.165, 1.54) is 22.2 Å². The highest BCUT2D eigenvalue weighted by Crippen LogP contribution is 2.34. The van der Waals surface area contributed by atoms with Crippen LogP contribution in [0.1, 0.15) is 35.1 Å². The average molecular weight is 349 g/mol. The van der Waals surface area contributed by atoms with E-state index >= 15 is 0 Å². The molecule has 0 atom stereocenters. The van der Waals surface area contributed by atoms with Crippen LogP contribution in [0.2, 0.25) is 0 Å². The van der Waals surface area contributed by atoms with E-state index in [1.807, 2.05) is 26.8 Å². The first-order valence-corrected chi connectivity index (χ1v) is 8.57. The number of hydrogen-bond acceptors (Lipinski definition) is 4. The maximum absolute atomic E-state index is 12.5. The molecule has 0 spiro atoms. The van der Waals surface area contributed by atoms with Crippen molar-refractivity contribution in [1.82, 2.24) is 4.90 Å². The van der Waals surface area contributed by atoms with E-state index in [-0.39, 0.29) is 12.3 Å². The second kappa shape index (κ2) is 7.27. The van der Waals surface area contributed by atoms with Gasteiger partial charge in [-0.05, 0) is 50.0 Å². The molecule has 1 aliphatic rings. The van der Waals surface area contributed by atoms with Gasteiger partial charge in [0.25, 0.3) is 5.91 Å². The fraction of sp³-hybridized carbons (Fsp3) is 0.353. The molecule has 0 bridgehead atoms. The van der Waals surface area contributed by atoms with Crippen LogP contribution in [-0.2, 0) is 9.59 Å². The van der Waals surface area contributed by atoms with Gasteiger partial charge in [-0.25, -0.2) is 0 Å². The molecule has 1 aromatic rings. The zero-order valence-electron chi connectivity index (χ0n) is 13.4. The van der Waals surface area contributed by atoms with Gasteiger partial charge in [-0.15, -0.1) is 0 Å². The Hall–Kier alpha value is -1.66. The highest BCUT2D eigenvalue weighted by molar-refractivity contribution is 8.26. The summed E-state index contributed by atoms with van der Waals surface area (Å²) in [5.41, 5.74) is 4.48. The molecule has 0 aliphatic carbocycles. The topological polar surface area (TPSA) is 57.6 Å². The van der Waals surface area contributed by atoms with Crippen LogP contribution >= 0.6 is 24.0 Å². The molecule has 0 radical (unpaired) electrons. The van der Waals surface area contributed by atoms with Crippen LogP contribution in [0.25, 0.3) is 6.08 Å². The quantitative estimate of drug-likeness (QED) is 0.649. The van der Waals surface area contributed by atoms with E-state index in [4.69, 9.17) is 17.3 Å². The summed E-state index contributed by atoms with van der Waals surface area (Å²) in [5, 5.41) is 8.70. The first-order chi connectivity index (χ1) is 10.8. The Kier molecular flexibility index (Phi) is 5.59. The minimum atomic E-state index is -0.864. The van der Waals surface area contributed by atoms with E-state index in [0.717, 1.165) is 16.7 Å². The van der Waals surface area contributed by atoms with Crippen molar-refractivity contribution in [1.29, 1.82) is 0 Å². The van der Waals surface area contributed by atoms with Crippen molar-refractivity contribution in [2.45, 2.75) is 33.6 Å². The van der Waals surface area contributed by atoms with Gasteiger partial charge in [0.1, 0.15) is 4.32 Å². The van der Waals surface area contributed by atoms with E-state index in [1.54, 1.807) is 0 Å². The average Bonchev–Trinajstić information content (AvgIpc) is 2.69. The van der Waals surface area contributed by atoms with Crippen LogP contribution < -0.4 is 0 Å². The largest absolute Gasteiger partial charge is 0.481 e. The molecule has 1 aliphatic heterocycles. The lowest BCUT2D eigenvalue weighted by atomic mass is 9.99. The third-order valence-electron chi connectivity index (χ3n) is 3.66. The minimum absolute atomic E-state index is 0.0340. The van der Waals surface area contributed by atoms with Gasteiger partial charge >= 0.3 is 5.97 Å². The number of amides is 1. The summed E-state index contributed by atoms with van der Waals surface area (Å²) in [6, 6.07) is 4.18. The van der Waals surface area contributed by atoms with Gasteiger partial charge in [-0.1, -0.05) is 41.7 Å². The van der Waals surface area contributed by atoms with Crippen LogP contribution in [0.3, 0.4) is 0 Å². The van der Waals surface area contributed by atoms with E-state index in [9.17, 15) is 9.59 Å². The van der Waals surface area contributed by atoms with Crippen molar-refractivity contribution >= 4 is 46.3 Å². The van der Waals surface area contributed by atoms with E-state index in [0.29, 0.717) is 22.2 Å². The summed E-state index contributed by atoms with van der Waals surface area (Å²) in [4.78, 5) is 25.2. The Morgan fingerprint density at radius 1 is 1.30 bits per heavy atom. The number of aryl methyl sites for hydroxylation is 3. The molecular formula is C17H19NO3S2. The Morgan fingerprint density at radius 3 is 2.48 bits per heavy atom. The van der Waals surface area contributed by atoms with Crippen molar-refractivity contribution in [3.05, 3.63) is 39.3 Å². The van der Waals surface area contributed by atoms with Gasteiger partial charge in [0.2, 0.25) is 0 Å². The molecule has 0 aromatic heterocycles. The standard InChI is InChI=1S/C17H19NO3S2/c1-10-7-11(2)13(12(3)8-10)9-14-16(21)18(17(22)23-14)6-4-5-15(19)20/h7-9H,4-6H2,1-3H3,(H,19,20)/b14-9-. The molecule has 122 valence electrons. The molecule has 1 saturated heterocycles. The molecule has 6 heteroatoms. The van der Waals surface area contributed by atoms with Crippen LogP contribution in [0.15, 0.2) is 17.0 Å². The number of carboxylic acids is 1. The molecule has 0 unspecified atom stereocenters. The number of hydrogen-bond donors (Lipinski definition) is 1. The number of rotatable bonds is 5. The number of carbonyl (C=O) groups excluding carboxylic acids is 1. The second-order valence-electron chi connectivity index (χ2n) is 5.64. The van der Waals surface area contributed by atoms with Crippen LogP contribution in [0.4, 0.5) is 0 Å². The zero-order chi connectivity index (χ0) is 17.1. The number of carbonyl (C=O) groups is 2. The molecule has 4 nitrogen and oxygen atoms in total. The van der Waals surface area contributed by atoms with Crippen LogP contribution in [-0.4, -0.2) is 32.7 Å². The maximum atomic E-state index is 12.5. The van der Waals surface area contributed by atoms with Gasteiger partial charge in [0.15, 0.2) is 0 Å². The SMILES string of the molecule is Cc1cc(C)c(/C=C2\SC(=S)N(CCCC(=O)O)C2=O)c(C)c1. The number of thioether (sulfide) groups is 1. The molecule has 0 saturated carbocycles. The van der Waals surface area contributed by atoms with Crippen molar-refractivity contribution in [3.8, 4) is 0 Å². The highest BCUT2D eigenvalue weighted by Gasteiger charge is 2.31. The van der Waals surface area contributed by atoms with Crippen LogP contribution in [0.5, 0.6) is 0 Å². The predicted octanol–water partition coefficient (Wildman–Crippen LogP) is 3.68. The molecule has 1 aromatic carbocycles. The summed E-state index contributed by atoms with van der Waals surface area (Å²) in [6.45, 7) is 6.45. The Labute approximate surface area is 145 Å². The minimum Gasteiger partial charge on any atom is -0.481 e. The van der Waals surface area contributed by atoms with Gasteiger partial charge in [-0.3, -0.25) is 14.5 Å².